The minimum absolute atomic E-state index is 0.351. The van der Waals surface area contributed by atoms with E-state index in [-0.39, 0.29) is 0 Å². The van der Waals surface area contributed by atoms with Crippen LogP contribution in [0.1, 0.15) is 37.0 Å². The maximum absolute atomic E-state index is 11.1. The molecule has 2 heteroatoms. The van der Waals surface area contributed by atoms with E-state index < -0.39 is 5.60 Å². The maximum atomic E-state index is 11.1. The standard InChI is InChI=1S/C17H27NO/c1-12-6-7-16(13(2)8-12)10-17(19)9-15(4)18(5)11-14(17)3/h6-8,14-15,19H,9-11H2,1-5H3/p+1/t14-,15-,17+/m0/s1. The highest BCUT2D eigenvalue weighted by Crippen LogP contribution is 2.30. The molecule has 1 heterocycles. The number of aliphatic hydroxyl groups is 1. The molecule has 0 bridgehead atoms. The highest BCUT2D eigenvalue weighted by molar-refractivity contribution is 5.31. The van der Waals surface area contributed by atoms with Gasteiger partial charge in [0.05, 0.1) is 25.2 Å². The van der Waals surface area contributed by atoms with E-state index in [1.807, 2.05) is 0 Å². The number of likely N-dealkylation sites (tertiary alicyclic amines) is 1. The van der Waals surface area contributed by atoms with Crippen LogP contribution in [0, 0.1) is 19.8 Å². The third-order valence-corrected chi connectivity index (χ3v) is 5.04. The summed E-state index contributed by atoms with van der Waals surface area (Å²) in [5.74, 6) is 0.351. The molecule has 0 aromatic heterocycles. The molecule has 19 heavy (non-hydrogen) atoms. The maximum Gasteiger partial charge on any atom is 0.0872 e. The van der Waals surface area contributed by atoms with Crippen molar-refractivity contribution in [2.24, 2.45) is 5.92 Å². The molecule has 0 saturated carbocycles. The van der Waals surface area contributed by atoms with E-state index in [0.717, 1.165) is 19.4 Å². The molecule has 2 rings (SSSR count). The number of nitrogens with one attached hydrogen (secondary N) is 1. The van der Waals surface area contributed by atoms with Crippen LogP contribution in [-0.2, 0) is 6.42 Å². The van der Waals surface area contributed by atoms with Crippen molar-refractivity contribution in [2.45, 2.75) is 52.2 Å². The topological polar surface area (TPSA) is 24.7 Å². The molecule has 1 aromatic carbocycles. The van der Waals surface area contributed by atoms with Crippen LogP contribution in [0.3, 0.4) is 0 Å². The number of rotatable bonds is 2. The lowest BCUT2D eigenvalue weighted by Crippen LogP contribution is -3.15. The summed E-state index contributed by atoms with van der Waals surface area (Å²) in [6, 6.07) is 7.09. The molecule has 1 aliphatic rings. The summed E-state index contributed by atoms with van der Waals surface area (Å²) in [4.78, 5) is 1.54. The molecule has 1 fully saturated rings. The Morgan fingerprint density at radius 3 is 2.63 bits per heavy atom. The van der Waals surface area contributed by atoms with Gasteiger partial charge in [-0.05, 0) is 31.9 Å². The normalized spacial score (nSPS) is 35.4. The van der Waals surface area contributed by atoms with Gasteiger partial charge in [-0.2, -0.15) is 0 Å². The molecule has 4 atom stereocenters. The molecular formula is C17H28NO+. The fraction of sp³-hybridized carbons (Fsp3) is 0.647. The van der Waals surface area contributed by atoms with Gasteiger partial charge in [0.25, 0.3) is 0 Å². The summed E-state index contributed by atoms with van der Waals surface area (Å²) in [7, 11) is 2.23. The molecule has 0 spiro atoms. The van der Waals surface area contributed by atoms with Crippen molar-refractivity contribution in [3.05, 3.63) is 34.9 Å². The molecule has 106 valence electrons. The van der Waals surface area contributed by atoms with Crippen LogP contribution in [-0.4, -0.2) is 30.3 Å². The number of hydrogen-bond acceptors (Lipinski definition) is 1. The molecule has 0 radical (unpaired) electrons. The number of piperidine rings is 1. The van der Waals surface area contributed by atoms with Gasteiger partial charge >= 0.3 is 0 Å². The van der Waals surface area contributed by atoms with Crippen LogP contribution in [0.5, 0.6) is 0 Å². The molecule has 1 aromatic rings. The van der Waals surface area contributed by atoms with Crippen LogP contribution in [0.15, 0.2) is 18.2 Å². The molecule has 0 amide bonds. The number of aryl methyl sites for hydroxylation is 2. The van der Waals surface area contributed by atoms with Gasteiger partial charge < -0.3 is 10.0 Å². The molecule has 1 saturated heterocycles. The minimum Gasteiger partial charge on any atom is -0.389 e. The third kappa shape index (κ3) is 3.01. The SMILES string of the molecule is Cc1ccc(C[C@]2(O)C[C@H](C)[NH+](C)C[C@@H]2C)c(C)c1. The predicted molar refractivity (Wildman–Crippen MR) is 79.6 cm³/mol. The van der Waals surface area contributed by atoms with Gasteiger partial charge in [-0.15, -0.1) is 0 Å². The van der Waals surface area contributed by atoms with Crippen molar-refractivity contribution in [1.29, 1.82) is 0 Å². The average Bonchev–Trinajstić information content (AvgIpc) is 2.31. The lowest BCUT2D eigenvalue weighted by molar-refractivity contribution is -0.916. The molecular weight excluding hydrogens is 234 g/mol. The van der Waals surface area contributed by atoms with Crippen LogP contribution in [0.4, 0.5) is 0 Å². The second-order valence-corrected chi connectivity index (χ2v) is 6.77. The van der Waals surface area contributed by atoms with Crippen molar-refractivity contribution in [2.75, 3.05) is 13.6 Å². The lowest BCUT2D eigenvalue weighted by Gasteiger charge is -2.43. The summed E-state index contributed by atoms with van der Waals surface area (Å²) >= 11 is 0. The van der Waals surface area contributed by atoms with Gasteiger partial charge in [0.15, 0.2) is 0 Å². The molecule has 2 nitrogen and oxygen atoms in total. The molecule has 1 aliphatic heterocycles. The first-order valence-corrected chi connectivity index (χ1v) is 7.42. The summed E-state index contributed by atoms with van der Waals surface area (Å²) < 4.78 is 0. The van der Waals surface area contributed by atoms with Crippen LogP contribution >= 0.6 is 0 Å². The summed E-state index contributed by atoms with van der Waals surface area (Å²) in [5, 5.41) is 11.1. The average molecular weight is 262 g/mol. The van der Waals surface area contributed by atoms with E-state index in [2.05, 4.69) is 52.9 Å². The van der Waals surface area contributed by atoms with E-state index >= 15 is 0 Å². The van der Waals surface area contributed by atoms with Gasteiger partial charge in [0, 0.05) is 18.8 Å². The quantitative estimate of drug-likeness (QED) is 0.830. The van der Waals surface area contributed by atoms with E-state index in [0.29, 0.717) is 12.0 Å². The number of benzene rings is 1. The van der Waals surface area contributed by atoms with Gasteiger partial charge in [-0.25, -0.2) is 0 Å². The van der Waals surface area contributed by atoms with Crippen LogP contribution in [0.25, 0.3) is 0 Å². The highest BCUT2D eigenvalue weighted by Gasteiger charge is 2.43. The Morgan fingerprint density at radius 2 is 2.00 bits per heavy atom. The first kappa shape index (κ1) is 14.5. The monoisotopic (exact) mass is 262 g/mol. The van der Waals surface area contributed by atoms with E-state index in [4.69, 9.17) is 0 Å². The highest BCUT2D eigenvalue weighted by atomic mass is 16.3. The van der Waals surface area contributed by atoms with Gasteiger partial charge in [-0.3, -0.25) is 0 Å². The first-order valence-electron chi connectivity index (χ1n) is 7.42. The fourth-order valence-electron chi connectivity index (χ4n) is 3.40. The zero-order valence-electron chi connectivity index (χ0n) is 13.0. The largest absolute Gasteiger partial charge is 0.389 e. The predicted octanol–water partition coefficient (Wildman–Crippen LogP) is 1.52. The van der Waals surface area contributed by atoms with Crippen molar-refractivity contribution in [3.63, 3.8) is 0 Å². The Hall–Kier alpha value is -0.860. The smallest absolute Gasteiger partial charge is 0.0872 e. The van der Waals surface area contributed by atoms with Crippen molar-refractivity contribution in [3.8, 4) is 0 Å². The first-order chi connectivity index (χ1) is 8.82. The Balaban J connectivity index is 2.20. The van der Waals surface area contributed by atoms with Gasteiger partial charge in [-0.1, -0.05) is 30.7 Å². The van der Waals surface area contributed by atoms with Crippen molar-refractivity contribution in [1.82, 2.24) is 0 Å². The van der Waals surface area contributed by atoms with E-state index in [9.17, 15) is 5.11 Å². The summed E-state index contributed by atoms with van der Waals surface area (Å²) in [5.41, 5.74) is 3.35. The second-order valence-electron chi connectivity index (χ2n) is 6.77. The molecule has 2 N–H and O–H groups in total. The minimum atomic E-state index is -0.543. The zero-order valence-corrected chi connectivity index (χ0v) is 13.0. The van der Waals surface area contributed by atoms with Gasteiger partial charge in [0.2, 0.25) is 0 Å². The Bertz CT molecular complexity index is 457. The Labute approximate surface area is 117 Å². The summed E-state index contributed by atoms with van der Waals surface area (Å²) in [6.07, 6.45) is 1.69. The Morgan fingerprint density at radius 1 is 1.32 bits per heavy atom. The van der Waals surface area contributed by atoms with E-state index in [1.165, 1.54) is 21.6 Å². The fourth-order valence-corrected chi connectivity index (χ4v) is 3.40. The van der Waals surface area contributed by atoms with E-state index in [1.54, 1.807) is 0 Å². The summed E-state index contributed by atoms with van der Waals surface area (Å²) in [6.45, 7) is 9.77. The zero-order chi connectivity index (χ0) is 14.2. The van der Waals surface area contributed by atoms with Crippen LogP contribution in [0.2, 0.25) is 0 Å². The van der Waals surface area contributed by atoms with Crippen molar-refractivity contribution < 1.29 is 10.0 Å². The molecule has 1 unspecified atom stereocenters. The van der Waals surface area contributed by atoms with Crippen molar-refractivity contribution >= 4 is 0 Å². The molecule has 0 aliphatic carbocycles. The number of quaternary nitrogens is 1. The lowest BCUT2D eigenvalue weighted by atomic mass is 9.75. The van der Waals surface area contributed by atoms with Crippen LogP contribution < -0.4 is 4.90 Å². The number of hydrogen-bond donors (Lipinski definition) is 2. The Kier molecular flexibility index (Phi) is 4.03. The second kappa shape index (κ2) is 5.26. The van der Waals surface area contributed by atoms with Gasteiger partial charge in [0.1, 0.15) is 0 Å². The third-order valence-electron chi connectivity index (χ3n) is 5.04.